The van der Waals surface area contributed by atoms with E-state index in [0.717, 1.165) is 19.3 Å². The average molecular weight is 517 g/mol. The quantitative estimate of drug-likeness (QED) is 0.163. The zero-order chi connectivity index (χ0) is 24.7. The van der Waals surface area contributed by atoms with Crippen LogP contribution in [0.5, 0.6) is 0 Å². The Morgan fingerprint density at radius 2 is 1.51 bits per heavy atom. The van der Waals surface area contributed by atoms with Crippen LogP contribution >= 0.6 is 0 Å². The van der Waals surface area contributed by atoms with Crippen molar-refractivity contribution in [2.45, 2.75) is 59.9 Å². The molecule has 8 atom stereocenters. The molecule has 2 nitrogen and oxygen atoms in total. The highest BCUT2D eigenvalue weighted by Gasteiger charge is 2.90. The first-order valence-corrected chi connectivity index (χ1v) is 15.9. The van der Waals surface area contributed by atoms with E-state index in [9.17, 15) is 0 Å². The third-order valence-electron chi connectivity index (χ3n) is 15.4. The number of hydrogen-bond acceptors (Lipinski definition) is 2. The van der Waals surface area contributed by atoms with Crippen LogP contribution in [0.15, 0.2) is 41.5 Å². The number of epoxide rings is 2. The summed E-state index contributed by atoms with van der Waals surface area (Å²) < 4.78 is 14.8. The topological polar surface area (TPSA) is 25.1 Å². The van der Waals surface area contributed by atoms with Crippen LogP contribution in [0.1, 0.15) is 84.5 Å². The summed E-state index contributed by atoms with van der Waals surface area (Å²) in [4.78, 5) is 0. The molecule has 5 aromatic carbocycles. The highest BCUT2D eigenvalue weighted by Crippen LogP contribution is 2.93. The van der Waals surface area contributed by atoms with Crippen molar-refractivity contribution in [1.82, 2.24) is 0 Å². The summed E-state index contributed by atoms with van der Waals surface area (Å²) >= 11 is 0. The first-order chi connectivity index (χ1) is 20.3. The fourth-order valence-corrected chi connectivity index (χ4v) is 15.1. The lowest BCUT2D eigenvalue weighted by Gasteiger charge is -2.41. The van der Waals surface area contributed by atoms with Crippen molar-refractivity contribution in [1.29, 1.82) is 0 Å². The molecule has 2 saturated heterocycles. The summed E-state index contributed by atoms with van der Waals surface area (Å²) in [7, 11) is 0. The van der Waals surface area contributed by atoms with Gasteiger partial charge in [-0.15, -0.1) is 0 Å². The standard InChI is InChI=1S/C39H16O2/c1-9-2-11-6-15-8-37-31-23(15)26-19(11)25-17(9)18-10(1)3-13-4-12-5-14-7-16(36(37)40-37)24-30(31)35-29(26)28(25)34-27(18)22(13)32-20(12)21(14)33(24)39(35)38(32,34)41-39/h2-4,6-7,16,24,28,34,36H,1,5,8H2. The van der Waals surface area contributed by atoms with E-state index in [1.165, 1.54) is 10.8 Å². The van der Waals surface area contributed by atoms with Crippen LogP contribution in [0, 0.1) is 5.92 Å². The molecule has 2 aliphatic heterocycles. The largest absolute Gasteiger partial charge is 0.360 e. The fourth-order valence-electron chi connectivity index (χ4n) is 15.1. The van der Waals surface area contributed by atoms with Crippen LogP contribution in [-0.2, 0) is 45.5 Å². The fraction of sp³-hybridized carbons (Fsp3) is 0.282. The molecule has 2 fully saturated rings. The maximum absolute atomic E-state index is 7.78. The second kappa shape index (κ2) is 3.85. The smallest absolute Gasteiger partial charge is 0.151 e. The second-order valence-electron chi connectivity index (χ2n) is 16.0. The van der Waals surface area contributed by atoms with E-state index in [1.807, 2.05) is 0 Å². The van der Waals surface area contributed by atoms with Crippen LogP contribution in [0.3, 0.4) is 0 Å². The average Bonchev–Trinajstić information content (AvgIpc) is 3.40. The Balaban J connectivity index is 1.29. The van der Waals surface area contributed by atoms with Crippen molar-refractivity contribution in [2.24, 2.45) is 5.92 Å². The van der Waals surface area contributed by atoms with Crippen molar-refractivity contribution in [3.8, 4) is 11.1 Å². The van der Waals surface area contributed by atoms with Crippen LogP contribution in [-0.4, -0.2) is 6.10 Å². The summed E-state index contributed by atoms with van der Waals surface area (Å²) in [5.74, 6) is 1.78. The van der Waals surface area contributed by atoms with Crippen LogP contribution in [0.2, 0.25) is 0 Å². The van der Waals surface area contributed by atoms with E-state index in [-0.39, 0.29) is 16.8 Å². The molecule has 11 aliphatic carbocycles. The molecule has 3 spiro atoms. The maximum atomic E-state index is 7.78. The molecule has 2 heterocycles. The van der Waals surface area contributed by atoms with Gasteiger partial charge < -0.3 is 9.47 Å². The molecular formula is C39H16O2. The van der Waals surface area contributed by atoms with Crippen LogP contribution in [0.25, 0.3) is 49.0 Å². The van der Waals surface area contributed by atoms with E-state index in [2.05, 4.69) is 30.3 Å². The molecule has 0 amide bonds. The van der Waals surface area contributed by atoms with Crippen molar-refractivity contribution in [3.05, 3.63) is 108 Å². The van der Waals surface area contributed by atoms with Crippen molar-refractivity contribution in [3.63, 3.8) is 0 Å². The maximum Gasteiger partial charge on any atom is 0.151 e. The van der Waals surface area contributed by atoms with Gasteiger partial charge in [-0.3, -0.25) is 0 Å². The Morgan fingerprint density at radius 3 is 2.44 bits per heavy atom. The van der Waals surface area contributed by atoms with E-state index < -0.39 is 0 Å². The second-order valence-corrected chi connectivity index (χ2v) is 16.0. The number of hydrogen-bond donors (Lipinski definition) is 0. The van der Waals surface area contributed by atoms with Gasteiger partial charge in [-0.25, -0.2) is 0 Å². The van der Waals surface area contributed by atoms with E-state index >= 15 is 0 Å². The predicted octanol–water partition coefficient (Wildman–Crippen LogP) is 6.85. The van der Waals surface area contributed by atoms with Crippen molar-refractivity contribution in [2.75, 3.05) is 0 Å². The van der Waals surface area contributed by atoms with Gasteiger partial charge in [0, 0.05) is 41.2 Å². The third-order valence-corrected chi connectivity index (χ3v) is 15.4. The normalized spacial score (nSPS) is 42.7. The first-order valence-electron chi connectivity index (χ1n) is 15.9. The molecule has 0 N–H and O–H groups in total. The zero-order valence-electron chi connectivity index (χ0n) is 21.7. The zero-order valence-corrected chi connectivity index (χ0v) is 21.7. The number of rotatable bonds is 0. The number of ether oxygens (including phenoxy) is 2. The van der Waals surface area contributed by atoms with Gasteiger partial charge in [0.1, 0.15) is 11.2 Å². The minimum atomic E-state index is -0.236. The highest BCUT2D eigenvalue weighted by atomic mass is 16.6. The van der Waals surface area contributed by atoms with Crippen molar-refractivity contribution >= 4 is 37.9 Å². The molecule has 41 heavy (non-hydrogen) atoms. The molecule has 0 bridgehead atoms. The van der Waals surface area contributed by atoms with Gasteiger partial charge in [-0.05, 0) is 129 Å². The van der Waals surface area contributed by atoms with Gasteiger partial charge in [0.2, 0.25) is 0 Å². The minimum Gasteiger partial charge on any atom is -0.360 e. The Bertz CT molecular complexity index is 2770. The summed E-state index contributed by atoms with van der Waals surface area (Å²) in [6.45, 7) is 0. The summed E-state index contributed by atoms with van der Waals surface area (Å²) in [6, 6.07) is 10.5. The lowest BCUT2D eigenvalue weighted by atomic mass is 9.56. The molecule has 184 valence electrons. The van der Waals surface area contributed by atoms with E-state index in [0.29, 0.717) is 29.8 Å². The Hall–Kier alpha value is -3.72. The van der Waals surface area contributed by atoms with Gasteiger partial charge in [0.25, 0.3) is 0 Å². The van der Waals surface area contributed by atoms with Gasteiger partial charge in [-0.1, -0.05) is 30.3 Å². The number of fused-ring (bicyclic) bond motifs is 1. The highest BCUT2D eigenvalue weighted by molar-refractivity contribution is 6.24. The Kier molecular flexibility index (Phi) is 1.56. The molecule has 5 aromatic rings. The first kappa shape index (κ1) is 16.7. The molecule has 8 unspecified atom stereocenters. The number of benzene rings is 5. The number of allylic oxidation sites excluding steroid dienone is 2. The van der Waals surface area contributed by atoms with Gasteiger partial charge in [-0.2, -0.15) is 0 Å². The predicted molar refractivity (Wildman–Crippen MR) is 151 cm³/mol. The van der Waals surface area contributed by atoms with Gasteiger partial charge >= 0.3 is 0 Å². The van der Waals surface area contributed by atoms with E-state index in [1.54, 1.807) is 116 Å². The SMILES string of the molecule is C1=C2Cc3cc4cc5c6c7c4c4c3C2=C2C3c8c9c%10c%11c%12c(cc%13cc(c-6c(c%13%11)C%10C7C46OC296)C5)CC2(OC2C13)c8%12. The summed E-state index contributed by atoms with van der Waals surface area (Å²) in [6.07, 6.45) is 6.30. The molecule has 0 radical (unpaired) electrons. The van der Waals surface area contributed by atoms with Gasteiger partial charge in [0.05, 0.1) is 6.10 Å². The van der Waals surface area contributed by atoms with Crippen LogP contribution in [0.4, 0.5) is 0 Å². The minimum absolute atomic E-state index is 0.0954. The molecule has 18 rings (SSSR count). The summed E-state index contributed by atoms with van der Waals surface area (Å²) in [5.41, 5.74) is 27.4. The Morgan fingerprint density at radius 1 is 0.683 bits per heavy atom. The van der Waals surface area contributed by atoms with Crippen LogP contribution < -0.4 is 0 Å². The molecular weight excluding hydrogens is 500 g/mol. The Labute approximate surface area is 232 Å². The molecule has 0 saturated carbocycles. The summed E-state index contributed by atoms with van der Waals surface area (Å²) in [5, 5.41) is 9.50. The monoisotopic (exact) mass is 516 g/mol. The molecule has 13 aliphatic rings. The third kappa shape index (κ3) is 1.01. The lowest BCUT2D eigenvalue weighted by Crippen LogP contribution is -2.39. The van der Waals surface area contributed by atoms with Crippen molar-refractivity contribution < 1.29 is 9.47 Å². The molecule has 2 heteroatoms. The van der Waals surface area contributed by atoms with Gasteiger partial charge in [0.15, 0.2) is 5.60 Å². The van der Waals surface area contributed by atoms with E-state index in [4.69, 9.17) is 9.47 Å². The lowest BCUT2D eigenvalue weighted by molar-refractivity contribution is 0.253. The molecule has 0 aromatic heterocycles.